The highest BCUT2D eigenvalue weighted by Gasteiger charge is 2.20. The quantitative estimate of drug-likeness (QED) is 0.486. The van der Waals surface area contributed by atoms with Crippen molar-refractivity contribution >= 4 is 20.6 Å². The highest BCUT2D eigenvalue weighted by Crippen LogP contribution is 2.22. The Labute approximate surface area is 172 Å². The van der Waals surface area contributed by atoms with Crippen LogP contribution in [0.5, 0.6) is 5.88 Å². The van der Waals surface area contributed by atoms with E-state index >= 15 is 0 Å². The maximum Gasteiger partial charge on any atom is 0.274 e. The van der Waals surface area contributed by atoms with Crippen LogP contribution in [0.3, 0.4) is 0 Å². The van der Waals surface area contributed by atoms with Gasteiger partial charge < -0.3 is 4.74 Å². The second-order valence-electron chi connectivity index (χ2n) is 6.74. The first-order valence-electron chi connectivity index (χ1n) is 9.05. The number of fused-ring (bicyclic) bond motifs is 1. The van der Waals surface area contributed by atoms with Crippen LogP contribution >= 0.6 is 0 Å². The number of aryl methyl sites for hydroxylation is 1. The maximum absolute atomic E-state index is 12.9. The third-order valence-corrected chi connectivity index (χ3v) is 6.30. The van der Waals surface area contributed by atoms with Gasteiger partial charge in [0, 0.05) is 23.8 Å². The maximum atomic E-state index is 12.9. The van der Waals surface area contributed by atoms with E-state index in [9.17, 15) is 13.2 Å². The zero-order valence-electron chi connectivity index (χ0n) is 16.3. The summed E-state index contributed by atoms with van der Waals surface area (Å²) in [4.78, 5) is 21.0. The number of pyridine rings is 2. The number of methoxy groups -OCH3 is 1. The van der Waals surface area contributed by atoms with Gasteiger partial charge in [-0.2, -0.15) is 5.10 Å². The number of nitrogens with zero attached hydrogens (tertiary/aromatic N) is 4. The number of aromatic nitrogens is 4. The van der Waals surface area contributed by atoms with Gasteiger partial charge >= 0.3 is 0 Å². The van der Waals surface area contributed by atoms with Crippen molar-refractivity contribution < 1.29 is 13.2 Å². The number of sulfone groups is 1. The second kappa shape index (κ2) is 7.68. The topological polar surface area (TPSA) is 104 Å². The Balaban J connectivity index is 1.70. The normalized spacial score (nSPS) is 11.5. The fraction of sp³-hybridized carbons (Fsp3) is 0.143. The van der Waals surface area contributed by atoms with E-state index in [1.54, 1.807) is 24.4 Å². The summed E-state index contributed by atoms with van der Waals surface area (Å²) in [5.41, 5.74) is 1.33. The van der Waals surface area contributed by atoms with Crippen molar-refractivity contribution in [2.75, 3.05) is 7.11 Å². The van der Waals surface area contributed by atoms with Gasteiger partial charge in [-0.05, 0) is 42.3 Å². The molecule has 0 atom stereocenters. The molecule has 0 amide bonds. The molecule has 0 radical (unpaired) electrons. The molecule has 0 saturated carbocycles. The lowest BCUT2D eigenvalue weighted by Gasteiger charge is -2.08. The van der Waals surface area contributed by atoms with Gasteiger partial charge in [-0.3, -0.25) is 4.79 Å². The summed E-state index contributed by atoms with van der Waals surface area (Å²) in [7, 11) is -2.26. The van der Waals surface area contributed by atoms with Crippen LogP contribution in [0.15, 0.2) is 75.8 Å². The van der Waals surface area contributed by atoms with Crippen molar-refractivity contribution in [3.05, 3.63) is 82.5 Å². The zero-order valence-corrected chi connectivity index (χ0v) is 17.1. The molecule has 0 aliphatic heterocycles. The van der Waals surface area contributed by atoms with Crippen LogP contribution in [0.4, 0.5) is 0 Å². The summed E-state index contributed by atoms with van der Waals surface area (Å²) >= 11 is 0. The molecular weight excluding hydrogens is 404 g/mol. The molecule has 8 nitrogen and oxygen atoms in total. The lowest BCUT2D eigenvalue weighted by molar-refractivity contribution is 0.397. The number of hydrogen-bond acceptors (Lipinski definition) is 7. The van der Waals surface area contributed by atoms with Crippen LogP contribution in [-0.4, -0.2) is 35.3 Å². The molecule has 4 rings (SSSR count). The van der Waals surface area contributed by atoms with Crippen LogP contribution in [0, 0.1) is 6.92 Å². The molecule has 0 N–H and O–H groups in total. The van der Waals surface area contributed by atoms with Gasteiger partial charge in [0.15, 0.2) is 5.03 Å². The van der Waals surface area contributed by atoms with E-state index in [0.29, 0.717) is 16.7 Å². The van der Waals surface area contributed by atoms with Gasteiger partial charge in [0.2, 0.25) is 15.7 Å². The fourth-order valence-electron chi connectivity index (χ4n) is 2.98. The largest absolute Gasteiger partial charge is 0.481 e. The first-order valence-corrected chi connectivity index (χ1v) is 10.5. The SMILES string of the molecule is COc1ccc(Cn2ncc3cc(S(=O)(=O)c4ccc(C)cn4)ccc3c2=O)cn1. The van der Waals surface area contributed by atoms with Crippen molar-refractivity contribution in [2.24, 2.45) is 0 Å². The first-order chi connectivity index (χ1) is 14.4. The Morgan fingerprint density at radius 3 is 2.50 bits per heavy atom. The van der Waals surface area contributed by atoms with Crippen molar-refractivity contribution in [1.82, 2.24) is 19.7 Å². The molecule has 4 aromatic rings. The standard InChI is InChI=1S/C21H18N4O4S/c1-14-3-8-20(23-10-14)30(27,28)17-5-6-18-16(9-17)12-24-25(21(18)26)13-15-4-7-19(29-2)22-11-15/h3-12H,13H2,1-2H3. The minimum absolute atomic E-state index is 0.0410. The summed E-state index contributed by atoms with van der Waals surface area (Å²) in [5, 5.41) is 4.96. The Morgan fingerprint density at radius 1 is 1.00 bits per heavy atom. The molecule has 3 heterocycles. The van der Waals surface area contributed by atoms with Gasteiger partial charge in [0.25, 0.3) is 5.56 Å². The summed E-state index contributed by atoms with van der Waals surface area (Å²) in [6.45, 7) is 2.07. The molecule has 0 fully saturated rings. The minimum Gasteiger partial charge on any atom is -0.481 e. The molecule has 30 heavy (non-hydrogen) atoms. The Kier molecular flexibility index (Phi) is 5.04. The van der Waals surface area contributed by atoms with Crippen molar-refractivity contribution in [2.45, 2.75) is 23.4 Å². The molecule has 0 spiro atoms. The number of ether oxygens (including phenoxy) is 1. The highest BCUT2D eigenvalue weighted by atomic mass is 32.2. The Bertz CT molecular complexity index is 1380. The van der Waals surface area contributed by atoms with Crippen LogP contribution in [0.25, 0.3) is 10.8 Å². The van der Waals surface area contributed by atoms with E-state index in [-0.39, 0.29) is 22.0 Å². The molecule has 152 valence electrons. The van der Waals surface area contributed by atoms with Gasteiger partial charge in [0.05, 0.1) is 30.1 Å². The summed E-state index contributed by atoms with van der Waals surface area (Å²) in [6.07, 6.45) is 4.60. The van der Waals surface area contributed by atoms with E-state index < -0.39 is 9.84 Å². The summed E-state index contributed by atoms with van der Waals surface area (Å²) < 4.78 is 32.0. The molecule has 0 aliphatic carbocycles. The third-order valence-electron chi connectivity index (χ3n) is 4.63. The Hall–Kier alpha value is -3.59. The van der Waals surface area contributed by atoms with Crippen LogP contribution in [-0.2, 0) is 16.4 Å². The molecule has 0 unspecified atom stereocenters. The van der Waals surface area contributed by atoms with Crippen molar-refractivity contribution in [3.8, 4) is 5.88 Å². The van der Waals surface area contributed by atoms with Crippen LogP contribution in [0.2, 0.25) is 0 Å². The average molecular weight is 422 g/mol. The van der Waals surface area contributed by atoms with Crippen molar-refractivity contribution in [1.29, 1.82) is 0 Å². The molecule has 0 aliphatic rings. The molecule has 0 saturated heterocycles. The minimum atomic E-state index is -3.79. The van der Waals surface area contributed by atoms with Gasteiger partial charge in [-0.25, -0.2) is 23.1 Å². The smallest absolute Gasteiger partial charge is 0.274 e. The summed E-state index contributed by atoms with van der Waals surface area (Å²) in [5.74, 6) is 0.481. The molecule has 1 aromatic carbocycles. The van der Waals surface area contributed by atoms with Crippen LogP contribution in [0.1, 0.15) is 11.1 Å². The fourth-order valence-corrected chi connectivity index (χ4v) is 4.19. The van der Waals surface area contributed by atoms with Crippen molar-refractivity contribution in [3.63, 3.8) is 0 Å². The van der Waals surface area contributed by atoms with E-state index in [2.05, 4.69) is 15.1 Å². The molecule has 3 aromatic heterocycles. The predicted octanol–water partition coefficient (Wildman–Crippen LogP) is 2.38. The van der Waals surface area contributed by atoms with Gasteiger partial charge in [0.1, 0.15) is 0 Å². The lowest BCUT2D eigenvalue weighted by atomic mass is 10.2. The van der Waals surface area contributed by atoms with E-state index in [1.165, 1.54) is 48.5 Å². The van der Waals surface area contributed by atoms with Gasteiger partial charge in [-0.15, -0.1) is 0 Å². The molecule has 0 bridgehead atoms. The van der Waals surface area contributed by atoms with E-state index in [0.717, 1.165) is 11.1 Å². The highest BCUT2D eigenvalue weighted by molar-refractivity contribution is 7.91. The third kappa shape index (κ3) is 3.67. The lowest BCUT2D eigenvalue weighted by Crippen LogP contribution is -2.23. The number of rotatable bonds is 5. The predicted molar refractivity (Wildman–Crippen MR) is 110 cm³/mol. The molecular formula is C21H18N4O4S. The Morgan fingerprint density at radius 2 is 1.83 bits per heavy atom. The van der Waals surface area contributed by atoms with Crippen LogP contribution < -0.4 is 10.3 Å². The second-order valence-corrected chi connectivity index (χ2v) is 8.64. The first kappa shape index (κ1) is 19.7. The summed E-state index contributed by atoms with van der Waals surface area (Å²) in [6, 6.07) is 11.0. The number of benzene rings is 1. The zero-order chi connectivity index (χ0) is 21.3. The number of hydrogen-bond donors (Lipinski definition) is 0. The van der Waals surface area contributed by atoms with E-state index in [1.807, 2.05) is 6.92 Å². The molecule has 9 heteroatoms. The average Bonchev–Trinajstić information content (AvgIpc) is 2.76. The monoisotopic (exact) mass is 422 g/mol. The van der Waals surface area contributed by atoms with Gasteiger partial charge in [-0.1, -0.05) is 12.1 Å². The van der Waals surface area contributed by atoms with E-state index in [4.69, 9.17) is 4.74 Å².